The van der Waals surface area contributed by atoms with Gasteiger partial charge < -0.3 is 0 Å². The predicted molar refractivity (Wildman–Crippen MR) is 33.1 cm³/mol. The Morgan fingerprint density at radius 3 is 1.40 bits per heavy atom. The lowest BCUT2D eigenvalue weighted by molar-refractivity contribution is -0.139. The lowest BCUT2D eigenvalue weighted by Gasteiger charge is -2.14. The predicted octanol–water partition coefficient (Wildman–Crippen LogP) is 0.275. The Kier molecular flexibility index (Phi) is 3.35. The van der Waals surface area contributed by atoms with Crippen LogP contribution in [-0.2, 0) is 20.2 Å². The molecular weight excluding hydrogens is 280 g/mol. The van der Waals surface area contributed by atoms with E-state index in [4.69, 9.17) is 0 Å². The summed E-state index contributed by atoms with van der Waals surface area (Å²) in [5.41, 5.74) is 0. The lowest BCUT2D eigenvalue weighted by atomic mass is 11.3. The molecule has 92 valence electrons. The number of alkyl halides is 5. The maximum Gasteiger partial charge on any atom is 0.489 e. The SMILES string of the molecule is O=S(=O)(F)C(F)(F)S(=O)(=O)NC(F)(F)F. The molecule has 0 saturated carbocycles. The third-order valence-electron chi connectivity index (χ3n) is 0.847. The van der Waals surface area contributed by atoms with Gasteiger partial charge in [-0.1, -0.05) is 3.89 Å². The van der Waals surface area contributed by atoms with E-state index in [9.17, 15) is 42.7 Å². The van der Waals surface area contributed by atoms with Crippen LogP contribution in [0.5, 0.6) is 0 Å². The fourth-order valence-electron chi connectivity index (χ4n) is 0.343. The van der Waals surface area contributed by atoms with Gasteiger partial charge in [-0.05, 0) is 0 Å². The third kappa shape index (κ3) is 3.20. The summed E-state index contributed by atoms with van der Waals surface area (Å²) >= 11 is 0. The fraction of sp³-hybridized carbons (Fsp3) is 1.00. The van der Waals surface area contributed by atoms with Crippen molar-refractivity contribution in [1.29, 1.82) is 0 Å². The summed E-state index contributed by atoms with van der Waals surface area (Å²) in [7, 11) is -13.8. The molecule has 0 aromatic carbocycles. The van der Waals surface area contributed by atoms with Crippen molar-refractivity contribution in [3.63, 3.8) is 0 Å². The molecule has 1 N–H and O–H groups in total. The van der Waals surface area contributed by atoms with Crippen LogP contribution in [0.15, 0.2) is 0 Å². The third-order valence-corrected chi connectivity index (χ3v) is 3.80. The monoisotopic (exact) mass is 281 g/mol. The summed E-state index contributed by atoms with van der Waals surface area (Å²) in [4.78, 5) is 0. The van der Waals surface area contributed by atoms with Gasteiger partial charge in [0.2, 0.25) is 0 Å². The Labute approximate surface area is 79.3 Å². The van der Waals surface area contributed by atoms with Gasteiger partial charge in [0, 0.05) is 0 Å². The molecule has 0 aliphatic carbocycles. The molecule has 0 heterocycles. The van der Waals surface area contributed by atoms with Crippen molar-refractivity contribution in [3.8, 4) is 0 Å². The Morgan fingerprint density at radius 1 is 0.867 bits per heavy atom. The van der Waals surface area contributed by atoms with Crippen LogP contribution < -0.4 is 4.72 Å². The second kappa shape index (κ2) is 3.48. The molecular formula is C2HF6NO4S2. The molecule has 0 rings (SSSR count). The molecule has 13 heteroatoms. The van der Waals surface area contributed by atoms with Crippen molar-refractivity contribution < 1.29 is 42.7 Å². The van der Waals surface area contributed by atoms with E-state index in [-0.39, 0.29) is 0 Å². The molecule has 0 atom stereocenters. The molecule has 0 aliphatic rings. The summed E-state index contributed by atoms with van der Waals surface area (Å²) < 4.78 is 102. The van der Waals surface area contributed by atoms with Gasteiger partial charge in [0.05, 0.1) is 0 Å². The number of hydrogen-bond acceptors (Lipinski definition) is 4. The zero-order valence-corrected chi connectivity index (χ0v) is 7.85. The smallest absolute Gasteiger partial charge is 0.204 e. The van der Waals surface area contributed by atoms with Gasteiger partial charge in [-0.3, -0.25) is 0 Å². The average molecular weight is 281 g/mol. The number of hydrogen-bond donors (Lipinski definition) is 1. The van der Waals surface area contributed by atoms with Crippen molar-refractivity contribution in [3.05, 3.63) is 0 Å². The molecule has 0 unspecified atom stereocenters. The van der Waals surface area contributed by atoms with Crippen LogP contribution in [0.4, 0.5) is 25.8 Å². The summed E-state index contributed by atoms with van der Waals surface area (Å²) in [6.07, 6.45) is -5.84. The van der Waals surface area contributed by atoms with Gasteiger partial charge in [-0.15, -0.1) is 4.72 Å². The van der Waals surface area contributed by atoms with Gasteiger partial charge >= 0.3 is 31.1 Å². The van der Waals surface area contributed by atoms with Crippen LogP contribution in [0, 0.1) is 0 Å². The molecule has 0 spiro atoms. The minimum Gasteiger partial charge on any atom is -0.204 e. The fourth-order valence-corrected chi connectivity index (χ4v) is 1.94. The first-order chi connectivity index (χ1) is 6.21. The maximum absolute atomic E-state index is 12.1. The van der Waals surface area contributed by atoms with Crippen LogP contribution in [0.1, 0.15) is 0 Å². The standard InChI is InChI=1S/C2HF6NO4S2/c3-1(4,5)9-15(12,13)2(6,7)14(8,10)11/h9H. The zero-order chi connectivity index (χ0) is 12.7. The topological polar surface area (TPSA) is 80.3 Å². The number of nitrogens with one attached hydrogen (secondary N) is 1. The number of sulfonamides is 1. The molecule has 0 saturated heterocycles. The van der Waals surface area contributed by atoms with E-state index < -0.39 is 35.9 Å². The maximum atomic E-state index is 12.1. The minimum atomic E-state index is -7.02. The molecule has 0 fully saturated rings. The highest BCUT2D eigenvalue weighted by atomic mass is 32.3. The lowest BCUT2D eigenvalue weighted by Crippen LogP contribution is -2.49. The second-order valence-electron chi connectivity index (χ2n) is 2.00. The van der Waals surface area contributed by atoms with E-state index in [0.29, 0.717) is 0 Å². The van der Waals surface area contributed by atoms with Crippen LogP contribution >= 0.6 is 0 Å². The average Bonchev–Trinajstić information content (AvgIpc) is 1.77. The minimum absolute atomic E-state index is 0.655. The van der Waals surface area contributed by atoms with E-state index in [0.717, 1.165) is 0 Å². The molecule has 0 aromatic rings. The van der Waals surface area contributed by atoms with Gasteiger partial charge in [-0.2, -0.15) is 30.4 Å². The number of halogens is 6. The summed E-state index contributed by atoms with van der Waals surface area (Å²) in [5.74, 6) is 0. The Hall–Kier alpha value is -0.560. The van der Waals surface area contributed by atoms with Crippen LogP contribution in [0.25, 0.3) is 0 Å². The molecule has 15 heavy (non-hydrogen) atoms. The normalized spacial score (nSPS) is 15.3. The highest BCUT2D eigenvalue weighted by Gasteiger charge is 2.61. The van der Waals surface area contributed by atoms with Gasteiger partial charge in [0.1, 0.15) is 0 Å². The Bertz CT molecular complexity index is 432. The van der Waals surface area contributed by atoms with Crippen molar-refractivity contribution >= 4 is 20.2 Å². The number of rotatable bonds is 3. The first-order valence-corrected chi connectivity index (χ1v) is 5.49. The molecule has 0 radical (unpaired) electrons. The molecule has 0 amide bonds. The Balaban J connectivity index is 5.44. The molecule has 0 bridgehead atoms. The van der Waals surface area contributed by atoms with E-state index >= 15 is 0 Å². The summed E-state index contributed by atoms with van der Waals surface area (Å²) in [6, 6.07) is 0. The second-order valence-corrected chi connectivity index (χ2v) is 5.38. The highest BCUT2D eigenvalue weighted by Crippen LogP contribution is 2.31. The first kappa shape index (κ1) is 14.4. The van der Waals surface area contributed by atoms with Crippen molar-refractivity contribution in [2.24, 2.45) is 0 Å². The summed E-state index contributed by atoms with van der Waals surface area (Å²) in [5, 5.41) is 0. The van der Waals surface area contributed by atoms with Crippen molar-refractivity contribution in [1.82, 2.24) is 4.72 Å². The van der Waals surface area contributed by atoms with Gasteiger partial charge in [0.15, 0.2) is 0 Å². The zero-order valence-electron chi connectivity index (χ0n) is 6.22. The summed E-state index contributed by atoms with van der Waals surface area (Å²) in [6.45, 7) is 0. The van der Waals surface area contributed by atoms with Crippen molar-refractivity contribution in [2.75, 3.05) is 0 Å². The van der Waals surface area contributed by atoms with Crippen LogP contribution in [-0.4, -0.2) is 27.7 Å². The van der Waals surface area contributed by atoms with E-state index in [1.807, 2.05) is 0 Å². The van der Waals surface area contributed by atoms with Crippen molar-refractivity contribution in [2.45, 2.75) is 10.9 Å². The van der Waals surface area contributed by atoms with E-state index in [1.165, 1.54) is 0 Å². The molecule has 0 aliphatic heterocycles. The highest BCUT2D eigenvalue weighted by molar-refractivity contribution is 8.06. The van der Waals surface area contributed by atoms with E-state index in [2.05, 4.69) is 0 Å². The quantitative estimate of drug-likeness (QED) is 0.457. The van der Waals surface area contributed by atoms with E-state index in [1.54, 1.807) is 0 Å². The molecule has 0 aromatic heterocycles. The molecule has 5 nitrogen and oxygen atoms in total. The van der Waals surface area contributed by atoms with Crippen LogP contribution in [0.2, 0.25) is 0 Å². The first-order valence-electron chi connectivity index (χ1n) is 2.63. The van der Waals surface area contributed by atoms with Gasteiger partial charge in [0.25, 0.3) is 0 Å². The van der Waals surface area contributed by atoms with Crippen LogP contribution in [0.3, 0.4) is 0 Å². The largest absolute Gasteiger partial charge is 0.489 e. The Morgan fingerprint density at radius 2 is 1.20 bits per heavy atom. The van der Waals surface area contributed by atoms with Gasteiger partial charge in [-0.25, -0.2) is 8.42 Å².